The maximum atomic E-state index is 5.80. The quantitative estimate of drug-likeness (QED) is 0.758. The summed E-state index contributed by atoms with van der Waals surface area (Å²) < 4.78 is 5.24. The molecule has 0 atom stereocenters. The highest BCUT2D eigenvalue weighted by atomic mass is 16.5. The number of hydrogen-bond donors (Lipinski definition) is 3. The van der Waals surface area contributed by atoms with Crippen LogP contribution in [0.1, 0.15) is 12.8 Å². The first-order chi connectivity index (χ1) is 10.3. The molecule has 3 heterocycles. The zero-order valence-corrected chi connectivity index (χ0v) is 12.3. The van der Waals surface area contributed by atoms with E-state index in [1.807, 2.05) is 6.07 Å². The third-order valence-electron chi connectivity index (χ3n) is 3.24. The van der Waals surface area contributed by atoms with E-state index in [1.54, 1.807) is 13.3 Å². The van der Waals surface area contributed by atoms with Gasteiger partial charge < -0.3 is 21.1 Å². The van der Waals surface area contributed by atoms with Crippen molar-refractivity contribution in [2.45, 2.75) is 12.8 Å². The fraction of sp³-hybridized carbons (Fsp3) is 0.462. The Hall–Kier alpha value is -2.35. The minimum atomic E-state index is 0.260. The van der Waals surface area contributed by atoms with Gasteiger partial charge in [-0.1, -0.05) is 0 Å². The summed E-state index contributed by atoms with van der Waals surface area (Å²) in [6.45, 7) is 2.02. The minimum absolute atomic E-state index is 0.260. The van der Waals surface area contributed by atoms with E-state index in [4.69, 9.17) is 10.5 Å². The zero-order valence-electron chi connectivity index (χ0n) is 12.3. The number of nitrogens with two attached hydrogens (primary N) is 2. The Kier molecular flexibility index (Phi) is 4.94. The summed E-state index contributed by atoms with van der Waals surface area (Å²) in [5.74, 6) is 1.76. The molecule has 0 aliphatic carbocycles. The van der Waals surface area contributed by atoms with Crippen LogP contribution in [0, 0.1) is 0 Å². The molecule has 5 N–H and O–H groups in total. The van der Waals surface area contributed by atoms with E-state index in [9.17, 15) is 0 Å². The largest absolute Gasteiger partial charge is 0.493 e. The van der Waals surface area contributed by atoms with Gasteiger partial charge in [0.2, 0.25) is 5.95 Å². The second kappa shape index (κ2) is 6.89. The third kappa shape index (κ3) is 3.22. The molecule has 2 aromatic heterocycles. The molecule has 8 nitrogen and oxygen atoms in total. The maximum Gasteiger partial charge on any atom is 0.222 e. The fourth-order valence-electron chi connectivity index (χ4n) is 2.30. The molecule has 2 aromatic rings. The van der Waals surface area contributed by atoms with Crippen LogP contribution < -0.4 is 21.1 Å². The minimum Gasteiger partial charge on any atom is -0.493 e. The number of nitrogens with one attached hydrogen (secondary N) is 1. The number of hydrogen-bond acceptors (Lipinski definition) is 7. The van der Waals surface area contributed by atoms with Crippen LogP contribution in [0.25, 0.3) is 11.4 Å². The predicted octanol–water partition coefficient (Wildman–Crippen LogP) is 0.633. The van der Waals surface area contributed by atoms with E-state index < -0.39 is 0 Å². The summed E-state index contributed by atoms with van der Waals surface area (Å²) in [5.41, 5.74) is 11.7. The lowest BCUT2D eigenvalue weighted by molar-refractivity contribution is 0.416. The molecule has 3 rings (SSSR count). The smallest absolute Gasteiger partial charge is 0.222 e. The molecule has 0 unspecified atom stereocenters. The highest BCUT2D eigenvalue weighted by Gasteiger charge is 2.17. The first-order valence-electron chi connectivity index (χ1n) is 6.83. The lowest BCUT2D eigenvalue weighted by Crippen LogP contribution is -2.19. The van der Waals surface area contributed by atoms with Gasteiger partial charge in [0.25, 0.3) is 0 Å². The van der Waals surface area contributed by atoms with Crippen molar-refractivity contribution in [3.05, 3.63) is 12.3 Å². The van der Waals surface area contributed by atoms with Crippen molar-refractivity contribution >= 4 is 11.8 Å². The molecule has 0 aromatic carbocycles. The number of nitrogens with zero attached hydrogens (tertiary/aromatic N) is 4. The number of aromatic amines is 1. The molecule has 1 fully saturated rings. The Balaban J connectivity index is 0.000000774. The lowest BCUT2D eigenvalue weighted by Gasteiger charge is -2.17. The van der Waals surface area contributed by atoms with E-state index in [0.29, 0.717) is 11.4 Å². The van der Waals surface area contributed by atoms with Crippen molar-refractivity contribution in [2.24, 2.45) is 5.73 Å². The summed E-state index contributed by atoms with van der Waals surface area (Å²) in [5, 5.41) is 6.84. The van der Waals surface area contributed by atoms with Crippen LogP contribution in [0.3, 0.4) is 0 Å². The number of rotatable bonds is 3. The van der Waals surface area contributed by atoms with Gasteiger partial charge in [-0.05, 0) is 19.9 Å². The lowest BCUT2D eigenvalue weighted by atomic mass is 10.2. The molecule has 8 heteroatoms. The number of nitrogen functional groups attached to an aromatic ring is 1. The highest BCUT2D eigenvalue weighted by molar-refractivity contribution is 5.66. The molecule has 1 aliphatic rings. The summed E-state index contributed by atoms with van der Waals surface area (Å²) in [4.78, 5) is 10.8. The summed E-state index contributed by atoms with van der Waals surface area (Å²) in [7, 11) is 3.10. The monoisotopic (exact) mass is 291 g/mol. The van der Waals surface area contributed by atoms with Gasteiger partial charge in [-0.15, -0.1) is 0 Å². The molecule has 0 saturated carbocycles. The molecule has 21 heavy (non-hydrogen) atoms. The van der Waals surface area contributed by atoms with Crippen molar-refractivity contribution in [1.29, 1.82) is 0 Å². The molecule has 0 spiro atoms. The van der Waals surface area contributed by atoms with Crippen molar-refractivity contribution in [1.82, 2.24) is 20.2 Å². The van der Waals surface area contributed by atoms with Gasteiger partial charge in [-0.3, -0.25) is 5.10 Å². The Morgan fingerprint density at radius 1 is 1.24 bits per heavy atom. The summed E-state index contributed by atoms with van der Waals surface area (Å²) >= 11 is 0. The van der Waals surface area contributed by atoms with E-state index in [2.05, 4.69) is 30.8 Å². The number of methoxy groups -OCH3 is 1. The van der Waals surface area contributed by atoms with Crippen LogP contribution in [0.4, 0.5) is 11.8 Å². The molecule has 1 saturated heterocycles. The molecular formula is C13H21N7O. The van der Waals surface area contributed by atoms with Gasteiger partial charge in [-0.2, -0.15) is 10.1 Å². The standard InChI is InChI=1S/C12H16N6O.CH5N/c1-19-9-7-14-17-11(9)8-6-10(16-12(13)15-8)18-4-2-3-5-18;1-2/h6-7H,2-5H2,1H3,(H,14,17)(H2,13,15,16);2H2,1H3. The molecular weight excluding hydrogens is 270 g/mol. The van der Waals surface area contributed by atoms with Crippen LogP contribution in [0.5, 0.6) is 5.75 Å². The van der Waals surface area contributed by atoms with Crippen molar-refractivity contribution in [3.63, 3.8) is 0 Å². The van der Waals surface area contributed by atoms with E-state index in [-0.39, 0.29) is 5.95 Å². The molecule has 0 amide bonds. The Morgan fingerprint density at radius 2 is 1.95 bits per heavy atom. The van der Waals surface area contributed by atoms with Gasteiger partial charge in [0, 0.05) is 19.2 Å². The first-order valence-corrected chi connectivity index (χ1v) is 6.83. The maximum absolute atomic E-state index is 5.80. The van der Waals surface area contributed by atoms with Crippen LogP contribution in [-0.2, 0) is 0 Å². The fourth-order valence-corrected chi connectivity index (χ4v) is 2.30. The number of anilines is 2. The highest BCUT2D eigenvalue weighted by Crippen LogP contribution is 2.29. The predicted molar refractivity (Wildman–Crippen MR) is 82.1 cm³/mol. The first kappa shape index (κ1) is 15.0. The Bertz CT molecular complexity index is 578. The third-order valence-corrected chi connectivity index (χ3v) is 3.24. The van der Waals surface area contributed by atoms with Crippen LogP contribution >= 0.6 is 0 Å². The second-order valence-corrected chi connectivity index (χ2v) is 4.48. The van der Waals surface area contributed by atoms with Crippen molar-refractivity contribution in [3.8, 4) is 17.1 Å². The van der Waals surface area contributed by atoms with Crippen molar-refractivity contribution < 1.29 is 4.74 Å². The topological polar surface area (TPSA) is 119 Å². The van der Waals surface area contributed by atoms with Crippen LogP contribution in [0.15, 0.2) is 12.3 Å². The van der Waals surface area contributed by atoms with Crippen LogP contribution in [-0.4, -0.2) is 47.4 Å². The van der Waals surface area contributed by atoms with E-state index >= 15 is 0 Å². The Morgan fingerprint density at radius 3 is 2.62 bits per heavy atom. The van der Waals surface area contributed by atoms with Crippen LogP contribution in [0.2, 0.25) is 0 Å². The molecule has 0 bridgehead atoms. The van der Waals surface area contributed by atoms with E-state index in [0.717, 1.165) is 24.6 Å². The zero-order chi connectivity index (χ0) is 15.2. The second-order valence-electron chi connectivity index (χ2n) is 4.48. The number of ether oxygens (including phenoxy) is 1. The van der Waals surface area contributed by atoms with Gasteiger partial charge in [0.05, 0.1) is 19.0 Å². The van der Waals surface area contributed by atoms with E-state index in [1.165, 1.54) is 19.9 Å². The summed E-state index contributed by atoms with van der Waals surface area (Å²) in [6, 6.07) is 1.91. The number of H-pyrrole nitrogens is 1. The number of aromatic nitrogens is 4. The molecule has 0 radical (unpaired) electrons. The Labute approximate surface area is 123 Å². The van der Waals surface area contributed by atoms with Gasteiger partial charge in [0.1, 0.15) is 11.5 Å². The average Bonchev–Trinajstić information content (AvgIpc) is 3.20. The summed E-state index contributed by atoms with van der Waals surface area (Å²) in [6.07, 6.45) is 3.99. The molecule has 1 aliphatic heterocycles. The average molecular weight is 291 g/mol. The normalized spacial score (nSPS) is 13.8. The van der Waals surface area contributed by atoms with Crippen molar-refractivity contribution in [2.75, 3.05) is 37.9 Å². The van der Waals surface area contributed by atoms with Gasteiger partial charge in [-0.25, -0.2) is 4.98 Å². The SMILES string of the molecule is CN.COc1cn[nH]c1-c1cc(N2CCCC2)nc(N)n1. The van der Waals surface area contributed by atoms with Gasteiger partial charge in [0.15, 0.2) is 5.75 Å². The molecule has 114 valence electrons. The van der Waals surface area contributed by atoms with Gasteiger partial charge >= 0.3 is 0 Å².